The molecule has 0 aliphatic heterocycles. The molecule has 13 nitrogen and oxygen atoms in total. The van der Waals surface area contributed by atoms with Crippen molar-refractivity contribution in [2.75, 3.05) is 14.2 Å². The highest BCUT2D eigenvalue weighted by atomic mass is 79.9. The molecule has 0 aliphatic rings. The molecule has 0 bridgehead atoms. The molecule has 6 N–H and O–H groups in total. The predicted octanol–water partition coefficient (Wildman–Crippen LogP) is 12.2. The van der Waals surface area contributed by atoms with Crippen molar-refractivity contribution in [3.63, 3.8) is 0 Å². The van der Waals surface area contributed by atoms with Gasteiger partial charge in [0.15, 0.2) is 0 Å². The van der Waals surface area contributed by atoms with Crippen molar-refractivity contribution in [2.24, 2.45) is 5.73 Å². The van der Waals surface area contributed by atoms with Gasteiger partial charge in [-0.1, -0.05) is 140 Å². The third-order valence-corrected chi connectivity index (χ3v) is 14.6. The Bertz CT molecular complexity index is 2870. The SMILES string of the molecule is Br.C.COC(=O)N[C@@H](Cc1ccccc1)C(=O)N[C@H](Cc1ccc(C)cc1)c1csc(-c2cccs2)n1.COC(=O)N[C@@H](Cc1ccccc1)C(=O)O.Cc1ccc(C[C@@H](N)c2csc(-c3cccs3)n2)cc1. The maximum atomic E-state index is 13.5. The minimum atomic E-state index is -1.09. The molecule has 0 radical (unpaired) electrons. The zero-order valence-corrected chi connectivity index (χ0v) is 45.0. The van der Waals surface area contributed by atoms with Gasteiger partial charge in [0.1, 0.15) is 22.1 Å². The summed E-state index contributed by atoms with van der Waals surface area (Å²) in [4.78, 5) is 59.1. The second-order valence-electron chi connectivity index (χ2n) is 16.3. The van der Waals surface area contributed by atoms with Crippen LogP contribution < -0.4 is 21.7 Å². The molecular weight excluding hydrogens is 1060 g/mol. The van der Waals surface area contributed by atoms with E-state index in [9.17, 15) is 19.2 Å². The minimum absolute atomic E-state index is 0. The summed E-state index contributed by atoms with van der Waals surface area (Å²) in [6, 6.07) is 41.4. The van der Waals surface area contributed by atoms with E-state index in [1.807, 2.05) is 84.4 Å². The normalized spacial score (nSPS) is 12.0. The highest BCUT2D eigenvalue weighted by Crippen LogP contribution is 2.32. The quantitative estimate of drug-likeness (QED) is 0.0585. The number of hydrogen-bond acceptors (Lipinski definition) is 13. The number of nitrogens with one attached hydrogen (secondary N) is 3. The van der Waals surface area contributed by atoms with Gasteiger partial charge in [0.05, 0.1) is 47.4 Å². The number of thiazole rings is 2. The van der Waals surface area contributed by atoms with Crippen molar-refractivity contribution in [3.05, 3.63) is 200 Å². The monoisotopic (exact) mass is 1120 g/mol. The van der Waals surface area contributed by atoms with Crippen LogP contribution in [0.2, 0.25) is 0 Å². The number of benzene rings is 4. The summed E-state index contributed by atoms with van der Waals surface area (Å²) in [6.07, 6.45) is 0.583. The summed E-state index contributed by atoms with van der Waals surface area (Å²) in [5.74, 6) is -1.38. The Balaban J connectivity index is 0.000000258. The standard InChI is InChI=1S/C27H27N3O3S2.C16H16N2S2.C11H13NO4.CH4.BrH/c1-18-10-12-20(13-11-18)15-21(23-17-35-26(29-23)24-9-6-14-34-24)28-25(31)22(30-27(32)33-2)16-19-7-4-3-5-8-19;1-11-4-6-12(7-5-11)9-13(17)14-10-20-16(18-14)15-3-2-8-19-15;1-16-11(15)12-9(10(13)14)7-8-5-3-2-4-6-8;;/h3-14,17,21-22H,15-16H2,1-2H3,(H,28,31)(H,30,32);2-8,10,13H,9,17H2,1H3;2-6,9H,7H2,1H3,(H,12,15)(H,13,14);1H4;1H/t21-,22+;13-;9-;;/m110../s1. The largest absolute Gasteiger partial charge is 0.480 e. The van der Waals surface area contributed by atoms with Gasteiger partial charge in [0.2, 0.25) is 5.91 Å². The van der Waals surface area contributed by atoms with E-state index in [-0.39, 0.29) is 48.8 Å². The van der Waals surface area contributed by atoms with E-state index in [2.05, 4.69) is 98.0 Å². The van der Waals surface area contributed by atoms with Crippen LogP contribution in [0, 0.1) is 13.8 Å². The van der Waals surface area contributed by atoms with Crippen LogP contribution in [0.3, 0.4) is 0 Å². The van der Waals surface area contributed by atoms with E-state index in [4.69, 9.17) is 20.6 Å². The smallest absolute Gasteiger partial charge is 0.407 e. The fourth-order valence-electron chi connectivity index (χ4n) is 6.99. The van der Waals surface area contributed by atoms with Crippen LogP contribution in [-0.2, 0) is 44.7 Å². The number of nitrogens with two attached hydrogens (primary N) is 1. The first-order valence-corrected chi connectivity index (χ1v) is 26.0. The first-order chi connectivity index (χ1) is 34.4. The summed E-state index contributed by atoms with van der Waals surface area (Å²) in [5.41, 5.74) is 14.6. The number of thiophene rings is 2. The average molecular weight is 1130 g/mol. The highest BCUT2D eigenvalue weighted by Gasteiger charge is 2.27. The molecule has 18 heteroatoms. The molecule has 0 saturated carbocycles. The van der Waals surface area contributed by atoms with Crippen molar-refractivity contribution in [1.82, 2.24) is 25.9 Å². The average Bonchev–Trinajstić information content (AvgIpc) is 4.25. The summed E-state index contributed by atoms with van der Waals surface area (Å²) in [6.45, 7) is 4.14. The fraction of sp³-hybridized carbons (Fsp3) is 0.236. The number of alkyl carbamates (subject to hydrolysis) is 2. The van der Waals surface area contributed by atoms with Gasteiger partial charge in [-0.05, 0) is 71.8 Å². The Morgan fingerprint density at radius 2 is 0.973 bits per heavy atom. The zero-order chi connectivity index (χ0) is 50.5. The molecule has 4 atom stereocenters. The number of carbonyl (C=O) groups excluding carboxylic acids is 3. The first kappa shape index (κ1) is 59.0. The number of methoxy groups -OCH3 is 2. The Hall–Kier alpha value is -6.54. The van der Waals surface area contributed by atoms with Crippen LogP contribution in [0.1, 0.15) is 64.3 Å². The van der Waals surface area contributed by atoms with Gasteiger partial charge in [-0.2, -0.15) is 0 Å². The molecule has 384 valence electrons. The van der Waals surface area contributed by atoms with Crippen LogP contribution >= 0.6 is 62.3 Å². The summed E-state index contributed by atoms with van der Waals surface area (Å²) < 4.78 is 9.13. The first-order valence-electron chi connectivity index (χ1n) is 22.5. The van der Waals surface area contributed by atoms with E-state index in [0.717, 1.165) is 49.4 Å². The lowest BCUT2D eigenvalue weighted by atomic mass is 10.0. The number of carboxylic acid groups (broad SMARTS) is 1. The number of hydrogen-bond donors (Lipinski definition) is 5. The van der Waals surface area contributed by atoms with Crippen LogP contribution in [0.4, 0.5) is 9.59 Å². The van der Waals surface area contributed by atoms with E-state index < -0.39 is 30.2 Å². The second-order valence-corrected chi connectivity index (χ2v) is 19.9. The summed E-state index contributed by atoms with van der Waals surface area (Å²) >= 11 is 6.58. The molecule has 4 aromatic heterocycles. The highest BCUT2D eigenvalue weighted by molar-refractivity contribution is 8.93. The van der Waals surface area contributed by atoms with Crippen LogP contribution in [0.15, 0.2) is 155 Å². The van der Waals surface area contributed by atoms with Crippen LogP contribution in [0.25, 0.3) is 19.8 Å². The molecule has 8 rings (SSSR count). The molecule has 0 spiro atoms. The van der Waals surface area contributed by atoms with Gasteiger partial charge in [0.25, 0.3) is 0 Å². The van der Waals surface area contributed by atoms with Crippen LogP contribution in [0.5, 0.6) is 0 Å². The molecular formula is C55H61BrN6O7S4. The van der Waals surface area contributed by atoms with Crippen molar-refractivity contribution in [3.8, 4) is 19.8 Å². The van der Waals surface area contributed by atoms with Gasteiger partial charge in [-0.25, -0.2) is 24.4 Å². The molecule has 0 unspecified atom stereocenters. The third-order valence-electron chi connectivity index (χ3n) is 10.8. The number of aromatic nitrogens is 2. The lowest BCUT2D eigenvalue weighted by Crippen LogP contribution is -2.49. The molecule has 0 fully saturated rings. The summed E-state index contributed by atoms with van der Waals surface area (Å²) in [5, 5.41) is 27.1. The number of halogens is 1. The molecule has 4 heterocycles. The number of nitrogens with zero attached hydrogens (tertiary/aromatic N) is 2. The Morgan fingerprint density at radius 1 is 0.548 bits per heavy atom. The molecule has 73 heavy (non-hydrogen) atoms. The third kappa shape index (κ3) is 19.1. The van der Waals surface area contributed by atoms with E-state index >= 15 is 0 Å². The number of aliphatic carboxylic acids is 1. The van der Waals surface area contributed by atoms with Gasteiger partial charge in [0, 0.05) is 23.6 Å². The zero-order valence-electron chi connectivity index (χ0n) is 40.1. The van der Waals surface area contributed by atoms with Gasteiger partial charge < -0.3 is 36.3 Å². The minimum Gasteiger partial charge on any atom is -0.480 e. The van der Waals surface area contributed by atoms with Gasteiger partial charge in [-0.15, -0.1) is 62.3 Å². The maximum absolute atomic E-state index is 13.5. The Kier molecular flexibility index (Phi) is 24.6. The topological polar surface area (TPSA) is 195 Å². The molecule has 0 saturated heterocycles. The molecule has 8 aromatic rings. The van der Waals surface area contributed by atoms with Gasteiger partial charge in [-0.3, -0.25) is 4.79 Å². The van der Waals surface area contributed by atoms with Crippen molar-refractivity contribution >= 4 is 86.4 Å². The molecule has 4 aromatic carbocycles. The predicted molar refractivity (Wildman–Crippen MR) is 302 cm³/mol. The number of ether oxygens (including phenoxy) is 2. The van der Waals surface area contributed by atoms with Crippen molar-refractivity contribution in [1.29, 1.82) is 0 Å². The lowest BCUT2D eigenvalue weighted by Gasteiger charge is -2.23. The van der Waals surface area contributed by atoms with Crippen molar-refractivity contribution < 1.29 is 33.8 Å². The van der Waals surface area contributed by atoms with Crippen LogP contribution in [-0.4, -0.2) is 65.4 Å². The lowest BCUT2D eigenvalue weighted by molar-refractivity contribution is -0.139. The molecule has 3 amide bonds. The Labute approximate surface area is 453 Å². The maximum Gasteiger partial charge on any atom is 0.407 e. The van der Waals surface area contributed by atoms with E-state index in [0.29, 0.717) is 12.8 Å². The molecule has 0 aliphatic carbocycles. The van der Waals surface area contributed by atoms with Gasteiger partial charge >= 0.3 is 18.2 Å². The number of carboxylic acids is 1. The Morgan fingerprint density at radius 3 is 1.42 bits per heavy atom. The number of amides is 3. The summed E-state index contributed by atoms with van der Waals surface area (Å²) in [7, 11) is 2.48. The van der Waals surface area contributed by atoms with Crippen molar-refractivity contribution in [2.45, 2.75) is 71.1 Å². The van der Waals surface area contributed by atoms with E-state index in [1.54, 1.807) is 57.5 Å². The number of rotatable bonds is 17. The number of carbonyl (C=O) groups is 4. The van der Waals surface area contributed by atoms with E-state index in [1.165, 1.54) is 35.8 Å². The second kappa shape index (κ2) is 30.5. The number of aryl methyl sites for hydroxylation is 2. The fourth-order valence-corrected chi connectivity index (χ4v) is 10.4.